The first kappa shape index (κ1) is 132. The minimum absolute atomic E-state index is 0. The molecule has 0 spiro atoms. The van der Waals surface area contributed by atoms with Crippen molar-refractivity contribution in [2.24, 2.45) is 17.6 Å². The summed E-state index contributed by atoms with van der Waals surface area (Å²) in [6.45, 7) is 18.3. The van der Waals surface area contributed by atoms with E-state index in [2.05, 4.69) is 118 Å². The van der Waals surface area contributed by atoms with Crippen molar-refractivity contribution in [3.8, 4) is 0 Å². The Morgan fingerprint density at radius 3 is 0.967 bits per heavy atom. The second-order valence-electron chi connectivity index (χ2n) is 37.9. The van der Waals surface area contributed by atoms with Crippen LogP contribution in [-0.2, 0) is 46.4 Å². The molecular formula is C114H148ClLiN10O24. The summed E-state index contributed by atoms with van der Waals surface area (Å²) in [5, 5.41) is 42.2. The summed E-state index contributed by atoms with van der Waals surface area (Å²) < 4.78 is 24.4. The minimum atomic E-state index is -1.10. The van der Waals surface area contributed by atoms with Gasteiger partial charge in [-0.1, -0.05) is 210 Å². The number of carboxylic acid groups (broad SMARTS) is 2. The van der Waals surface area contributed by atoms with E-state index in [1.54, 1.807) is 129 Å². The zero-order chi connectivity index (χ0) is 106. The van der Waals surface area contributed by atoms with Gasteiger partial charge in [0.2, 0.25) is 11.8 Å². The molecule has 0 bridgehead atoms. The van der Waals surface area contributed by atoms with E-state index >= 15 is 0 Å². The van der Waals surface area contributed by atoms with Gasteiger partial charge in [0.25, 0.3) is 23.6 Å². The van der Waals surface area contributed by atoms with E-state index in [1.165, 1.54) is 106 Å². The Kier molecular flexibility index (Phi) is 60.6. The van der Waals surface area contributed by atoms with Crippen LogP contribution in [-0.4, -0.2) is 193 Å². The van der Waals surface area contributed by atoms with Crippen LogP contribution in [0.25, 0.3) is 0 Å². The van der Waals surface area contributed by atoms with Gasteiger partial charge in [0, 0.05) is 92.0 Å². The molecular weight excluding hydrogens is 1940 g/mol. The summed E-state index contributed by atoms with van der Waals surface area (Å²) in [6, 6.07) is 70.3. The number of ether oxygens (including phenoxy) is 5. The fraction of sp³-hybridized carbons (Fsp3) is 0.395. The third-order valence-corrected chi connectivity index (χ3v) is 22.7. The molecule has 0 heterocycles. The van der Waals surface area contributed by atoms with Crippen LogP contribution in [0.4, 0.5) is 14.4 Å². The number of methoxy groups -OCH3 is 2. The molecule has 6 atom stereocenters. The van der Waals surface area contributed by atoms with Crippen LogP contribution in [0.1, 0.15) is 310 Å². The van der Waals surface area contributed by atoms with Crippen molar-refractivity contribution < 1.29 is 136 Å². The molecule has 9 amide bonds. The number of halogens is 1. The van der Waals surface area contributed by atoms with E-state index in [0.717, 1.165) is 61.5 Å². The van der Waals surface area contributed by atoms with Crippen LogP contribution in [0.3, 0.4) is 0 Å². The third-order valence-electron chi connectivity index (χ3n) is 22.7. The number of carbonyl (C=O) groups is 15. The van der Waals surface area contributed by atoms with Gasteiger partial charge in [-0.15, -0.1) is 12.4 Å². The molecule has 0 saturated heterocycles. The number of carbonyl (C=O) groups excluding carboxylic acids is 13. The number of rotatable bonds is 45. The van der Waals surface area contributed by atoms with Crippen molar-refractivity contribution in [1.82, 2.24) is 47.9 Å². The fourth-order valence-corrected chi connectivity index (χ4v) is 15.1. The Morgan fingerprint density at radius 2 is 0.633 bits per heavy atom. The number of nitrogens with two attached hydrogens (primary N) is 1. The summed E-state index contributed by atoms with van der Waals surface area (Å²) >= 11 is 0. The standard InChI is InChI=1S/C39H49N3O5.C34H41N3O3.C16H22N2O5.C15H20N2O5.C9H8O4.CH4.ClH.Li.2H2O/c1-39(2,3)47-38(46)40-24-14-23-35(43)31-20-13-21-32(25-31)36(44)42-34(37(45)41-27-28-15-7-4-8-16-28)22-12-6-11-19-30-26-33(30)29-17-9-5-10-18-29;35-21-11-20-32(38)28-17-10-18-29(22-28)33(39)37-31(34(40)36-24-25-12-4-1-5-13-25)19-9-3-8-16-27-23-30(27)26-14-6-2-7-15-26;1-16(2,3)23-15(21)18-9-8-17-13(19)11-6-5-7-12(10-11)14(20)22-4;1-15(2,3)22-14(21)17-8-7-16-12(18)10-5-4-6-11(9-10)13(19)20;1-13-9(12)7-4-2-3-6(5-7)8(10)11;;;;;/h4-5,7-10,13,15-18,20-21,25,30,33-34H,6,11-12,14,19,22-24,26-27H2,1-3H3,(H,40,46)(H,41,45)(H,42,44);1-2,4-7,10,12-15,17-18,22,27,30-31H,3,8-9,11,16,19-21,23-24,35H2,(H,36,40)(H,37,39);5-7,10H,8-9H2,1-4H3,(H,17,19)(H,18,21);4-6,9H,7-8H2,1-3H3,(H,16,18)(H,17,21)(H,19,20);2-5H,1H3,(H,10,11);1H4;1H;;2*1H2/q;;;;;;;+1;;/p-1/t30?,33?,34-;27?,30?,31-;;;;;;;;/m00......../s1. The number of carboxylic acids is 2. The average Bonchev–Trinajstić information content (AvgIpc) is 1.66. The van der Waals surface area contributed by atoms with E-state index in [4.69, 9.17) is 30.2 Å². The Hall–Kier alpha value is -14.4. The van der Waals surface area contributed by atoms with Crippen LogP contribution in [0, 0.1) is 11.8 Å². The van der Waals surface area contributed by atoms with Crippen LogP contribution in [0.15, 0.2) is 243 Å². The molecule has 2 fully saturated rings. The molecule has 11 rings (SSSR count). The summed E-state index contributed by atoms with van der Waals surface area (Å²) in [5.74, 6) is -2.44. The summed E-state index contributed by atoms with van der Waals surface area (Å²) in [7, 11) is 2.52. The van der Waals surface area contributed by atoms with Crippen LogP contribution < -0.4 is 72.4 Å². The van der Waals surface area contributed by atoms with Gasteiger partial charge in [-0.3, -0.25) is 38.4 Å². The van der Waals surface area contributed by atoms with E-state index < -0.39 is 82.9 Å². The van der Waals surface area contributed by atoms with Crippen LogP contribution in [0.2, 0.25) is 0 Å². The van der Waals surface area contributed by atoms with Gasteiger partial charge < -0.3 is 98.4 Å². The quantitative estimate of drug-likeness (QED) is 0.00554. The summed E-state index contributed by atoms with van der Waals surface area (Å²) in [4.78, 5) is 180. The maximum Gasteiger partial charge on any atom is 1.00 e. The molecule has 0 aromatic heterocycles. The number of amides is 9. The van der Waals surface area contributed by atoms with E-state index in [-0.39, 0.29) is 140 Å². The van der Waals surface area contributed by atoms with E-state index in [0.29, 0.717) is 103 Å². The van der Waals surface area contributed by atoms with Crippen molar-refractivity contribution in [1.29, 1.82) is 0 Å². The molecule has 150 heavy (non-hydrogen) atoms. The SMILES string of the molecule is C.CC(C)(C)OC(=O)NCCCC(=O)c1cccc(C(=O)N[C@@H](CCCCCC2CC2c2ccccc2)C(=O)NCc2ccccc2)c1.CC(C)(C)OC(=O)NCCNC(=O)c1cccc(C(=O)O)c1.COC(=O)c1cccc(C(=O)NCCNC(=O)OC(C)(C)C)c1.COC(=O)c1cccc(C(=O)O)c1.Cl.NCCCC(=O)c1cccc(C(=O)N[C@@H](CCCCCC2CC2c2ccccc2)C(=O)NCc2ccccc2)c1.O.[Li+].[OH-]. The summed E-state index contributed by atoms with van der Waals surface area (Å²) in [5.41, 5.74) is 11.5. The maximum atomic E-state index is 13.4. The zero-order valence-corrected chi connectivity index (χ0v) is 87.8. The second-order valence-corrected chi connectivity index (χ2v) is 37.9. The minimum Gasteiger partial charge on any atom is -0.870 e. The Balaban J connectivity index is 0.000000667. The number of alkyl carbamates (subject to hydrolysis) is 3. The smallest absolute Gasteiger partial charge is 0.870 e. The molecule has 0 radical (unpaired) electrons. The van der Waals surface area contributed by atoms with E-state index in [1.807, 2.05) is 60.7 Å². The molecule has 36 heteroatoms. The zero-order valence-electron chi connectivity index (χ0n) is 87.0. The third kappa shape index (κ3) is 51.5. The topological polar surface area (TPSA) is 538 Å². The molecule has 9 aromatic rings. The van der Waals surface area contributed by atoms with Crippen LogP contribution in [0.5, 0.6) is 0 Å². The largest absolute Gasteiger partial charge is 1.00 e. The molecule has 4 unspecified atom stereocenters. The number of hydrogen-bond donors (Lipinski definition) is 12. The first-order chi connectivity index (χ1) is 69.2. The van der Waals surface area contributed by atoms with Crippen LogP contribution >= 0.6 is 12.4 Å². The van der Waals surface area contributed by atoms with Gasteiger partial charge in [-0.05, 0) is 245 Å². The molecule has 9 aromatic carbocycles. The van der Waals surface area contributed by atoms with Gasteiger partial charge in [0.05, 0.1) is 36.5 Å². The van der Waals surface area contributed by atoms with Gasteiger partial charge in [-0.25, -0.2) is 33.6 Å². The Labute approximate surface area is 897 Å². The predicted molar refractivity (Wildman–Crippen MR) is 572 cm³/mol. The molecule has 2 aliphatic rings. The number of nitrogens with one attached hydrogen (secondary N) is 9. The first-order valence-electron chi connectivity index (χ1n) is 48.9. The van der Waals surface area contributed by atoms with Gasteiger partial charge >= 0.3 is 61.0 Å². The number of esters is 2. The number of benzene rings is 9. The number of ketones is 2. The molecule has 2 aliphatic carbocycles. The number of Topliss-reactive ketones (excluding diaryl/α,β-unsaturated/α-hetero) is 2. The number of aromatic carboxylic acids is 2. The van der Waals surface area contributed by atoms with Gasteiger partial charge in [0.15, 0.2) is 11.6 Å². The summed E-state index contributed by atoms with van der Waals surface area (Å²) in [6.07, 6.45) is 11.8. The second kappa shape index (κ2) is 69.0. The monoisotopic (exact) mass is 2080 g/mol. The number of hydrogen-bond acceptors (Lipinski definition) is 22. The number of unbranched alkanes of at least 4 members (excludes halogenated alkanes) is 4. The molecule has 34 nitrogen and oxygen atoms in total. The molecule has 806 valence electrons. The molecule has 16 N–H and O–H groups in total. The van der Waals surface area contributed by atoms with Gasteiger partial charge in [-0.2, -0.15) is 0 Å². The normalized spacial score (nSPS) is 13.5. The predicted octanol–water partition coefficient (Wildman–Crippen LogP) is 14.7. The Morgan fingerprint density at radius 1 is 0.347 bits per heavy atom. The van der Waals surface area contributed by atoms with Gasteiger partial charge in [0.1, 0.15) is 28.9 Å². The average molecular weight is 2080 g/mol. The maximum absolute atomic E-state index is 13.4. The Bertz CT molecular complexity index is 5750. The van der Waals surface area contributed by atoms with Crippen molar-refractivity contribution in [3.63, 3.8) is 0 Å². The van der Waals surface area contributed by atoms with Crippen molar-refractivity contribution in [2.75, 3.05) is 53.5 Å². The van der Waals surface area contributed by atoms with Crippen molar-refractivity contribution in [2.45, 2.75) is 226 Å². The fourth-order valence-electron chi connectivity index (χ4n) is 15.1. The van der Waals surface area contributed by atoms with Crippen molar-refractivity contribution >= 4 is 102 Å². The van der Waals surface area contributed by atoms with E-state index in [9.17, 15) is 71.9 Å². The molecule has 2 saturated carbocycles. The van der Waals surface area contributed by atoms with Crippen molar-refractivity contribution in [3.05, 3.63) is 321 Å². The molecule has 0 aliphatic heterocycles. The first-order valence-corrected chi connectivity index (χ1v) is 48.9.